The molecule has 0 aliphatic heterocycles. The number of hydrogen-bond donors (Lipinski definition) is 2. The molecule has 0 fully saturated rings. The molecule has 22 heavy (non-hydrogen) atoms. The molecule has 0 aromatic carbocycles. The lowest BCUT2D eigenvalue weighted by molar-refractivity contribution is 0.559. The number of hydrogen-bond acceptors (Lipinski definition) is 3. The summed E-state index contributed by atoms with van der Waals surface area (Å²) in [6, 6.07) is 2.01. The molecule has 0 saturated carbocycles. The lowest BCUT2D eigenvalue weighted by atomic mass is 10.3. The molecule has 2 N–H and O–H groups in total. The van der Waals surface area contributed by atoms with Gasteiger partial charge in [-0.25, -0.2) is 0 Å². The fraction of sp³-hybridized carbons (Fsp3) is 0.533. The Morgan fingerprint density at radius 1 is 1.32 bits per heavy atom. The molecule has 0 aliphatic carbocycles. The monoisotopic (exact) mass is 320 g/mol. The van der Waals surface area contributed by atoms with Crippen LogP contribution in [0.25, 0.3) is 0 Å². The van der Waals surface area contributed by atoms with Gasteiger partial charge in [-0.15, -0.1) is 0 Å². The fourth-order valence-electron chi connectivity index (χ4n) is 2.20. The minimum absolute atomic E-state index is 0.681. The SMILES string of the molecule is CCn1cc(CNC(=S)NCCCn2nccc2C)c(C)n1. The summed E-state index contributed by atoms with van der Waals surface area (Å²) in [5.74, 6) is 0. The van der Waals surface area contributed by atoms with Crippen molar-refractivity contribution < 1.29 is 0 Å². The van der Waals surface area contributed by atoms with Crippen molar-refractivity contribution in [3.8, 4) is 0 Å². The molecule has 6 nitrogen and oxygen atoms in total. The highest BCUT2D eigenvalue weighted by atomic mass is 32.1. The molecule has 7 heteroatoms. The van der Waals surface area contributed by atoms with Gasteiger partial charge in [-0.1, -0.05) is 0 Å². The first-order valence-corrected chi connectivity index (χ1v) is 8.04. The van der Waals surface area contributed by atoms with Gasteiger partial charge >= 0.3 is 0 Å². The molecule has 2 heterocycles. The number of rotatable bonds is 7. The van der Waals surface area contributed by atoms with Gasteiger partial charge in [0, 0.05) is 49.8 Å². The van der Waals surface area contributed by atoms with Crippen molar-refractivity contribution in [3.63, 3.8) is 0 Å². The Morgan fingerprint density at radius 3 is 2.77 bits per heavy atom. The maximum Gasteiger partial charge on any atom is 0.166 e. The summed E-state index contributed by atoms with van der Waals surface area (Å²) in [4.78, 5) is 0. The summed E-state index contributed by atoms with van der Waals surface area (Å²) in [5, 5.41) is 15.8. The third-order valence-corrected chi connectivity index (χ3v) is 3.86. The molecule has 0 radical (unpaired) electrons. The minimum Gasteiger partial charge on any atom is -0.363 e. The van der Waals surface area contributed by atoms with Crippen LogP contribution in [0.4, 0.5) is 0 Å². The Hall–Kier alpha value is -1.89. The quantitative estimate of drug-likeness (QED) is 0.601. The first-order chi connectivity index (χ1) is 10.6. The molecule has 0 saturated heterocycles. The van der Waals surface area contributed by atoms with Crippen molar-refractivity contribution in [1.82, 2.24) is 30.2 Å². The van der Waals surface area contributed by atoms with E-state index in [1.165, 1.54) is 11.3 Å². The highest BCUT2D eigenvalue weighted by Crippen LogP contribution is 2.04. The van der Waals surface area contributed by atoms with Crippen molar-refractivity contribution in [3.05, 3.63) is 35.4 Å². The van der Waals surface area contributed by atoms with E-state index in [4.69, 9.17) is 12.2 Å². The maximum absolute atomic E-state index is 5.30. The van der Waals surface area contributed by atoms with Crippen LogP contribution in [0.1, 0.15) is 30.3 Å². The number of nitrogens with one attached hydrogen (secondary N) is 2. The number of aryl methyl sites for hydroxylation is 4. The van der Waals surface area contributed by atoms with Crippen LogP contribution in [0.3, 0.4) is 0 Å². The second-order valence-electron chi connectivity index (χ2n) is 5.25. The van der Waals surface area contributed by atoms with Crippen molar-refractivity contribution in [2.75, 3.05) is 6.54 Å². The third kappa shape index (κ3) is 4.56. The van der Waals surface area contributed by atoms with E-state index in [0.717, 1.165) is 31.7 Å². The molecular formula is C15H24N6S. The van der Waals surface area contributed by atoms with Gasteiger partial charge in [-0.2, -0.15) is 10.2 Å². The van der Waals surface area contributed by atoms with Crippen molar-refractivity contribution in [1.29, 1.82) is 0 Å². The molecule has 0 aliphatic rings. The van der Waals surface area contributed by atoms with E-state index in [0.29, 0.717) is 11.7 Å². The second kappa shape index (κ2) is 7.93. The Labute approximate surface area is 136 Å². The van der Waals surface area contributed by atoms with Crippen LogP contribution in [0.5, 0.6) is 0 Å². The van der Waals surface area contributed by atoms with E-state index < -0.39 is 0 Å². The normalized spacial score (nSPS) is 10.7. The van der Waals surface area contributed by atoms with Gasteiger partial charge in [0.25, 0.3) is 0 Å². The van der Waals surface area contributed by atoms with E-state index in [9.17, 15) is 0 Å². The highest BCUT2D eigenvalue weighted by molar-refractivity contribution is 7.80. The first-order valence-electron chi connectivity index (χ1n) is 7.63. The van der Waals surface area contributed by atoms with Crippen molar-refractivity contribution >= 4 is 17.3 Å². The van der Waals surface area contributed by atoms with Gasteiger partial charge in [0.05, 0.1) is 5.69 Å². The van der Waals surface area contributed by atoms with Gasteiger partial charge in [0.1, 0.15) is 0 Å². The topological polar surface area (TPSA) is 59.7 Å². The molecule has 2 rings (SSSR count). The molecule has 0 atom stereocenters. The van der Waals surface area contributed by atoms with E-state index in [1.807, 2.05) is 28.6 Å². The van der Waals surface area contributed by atoms with Gasteiger partial charge in [-0.05, 0) is 45.5 Å². The molecule has 0 amide bonds. The predicted molar refractivity (Wildman–Crippen MR) is 91.7 cm³/mol. The Bertz CT molecular complexity index is 615. The molecule has 0 unspecified atom stereocenters. The zero-order valence-electron chi connectivity index (χ0n) is 13.5. The molecule has 120 valence electrons. The Balaban J connectivity index is 1.65. The van der Waals surface area contributed by atoms with Crippen LogP contribution < -0.4 is 10.6 Å². The zero-order valence-corrected chi connectivity index (χ0v) is 14.3. The lowest BCUT2D eigenvalue weighted by Crippen LogP contribution is -2.35. The van der Waals surface area contributed by atoms with Gasteiger partial charge < -0.3 is 10.6 Å². The smallest absolute Gasteiger partial charge is 0.166 e. The number of nitrogens with zero attached hydrogens (tertiary/aromatic N) is 4. The van der Waals surface area contributed by atoms with Crippen LogP contribution in [-0.4, -0.2) is 31.2 Å². The number of thiocarbonyl (C=S) groups is 1. The maximum atomic E-state index is 5.30. The van der Waals surface area contributed by atoms with Gasteiger partial charge in [-0.3, -0.25) is 9.36 Å². The van der Waals surface area contributed by atoms with Crippen LogP contribution in [0.15, 0.2) is 18.5 Å². The highest BCUT2D eigenvalue weighted by Gasteiger charge is 2.04. The Kier molecular flexibility index (Phi) is 5.94. The van der Waals surface area contributed by atoms with E-state index in [-0.39, 0.29) is 0 Å². The minimum atomic E-state index is 0.681. The predicted octanol–water partition coefficient (Wildman–Crippen LogP) is 1.77. The standard InChI is InChI=1S/C15H24N6S/c1-4-20-11-14(13(3)19-20)10-17-15(22)16-7-5-9-21-12(2)6-8-18-21/h6,8,11H,4-5,7,9-10H2,1-3H3,(H2,16,17,22). The summed E-state index contributed by atoms with van der Waals surface area (Å²) in [6.45, 7) is 9.48. The van der Waals surface area contributed by atoms with Crippen LogP contribution in [0, 0.1) is 13.8 Å². The fourth-order valence-corrected chi connectivity index (χ4v) is 2.37. The summed E-state index contributed by atoms with van der Waals surface area (Å²) in [5.41, 5.74) is 3.41. The molecule has 2 aromatic heterocycles. The van der Waals surface area contributed by atoms with Crippen LogP contribution in [-0.2, 0) is 19.6 Å². The average Bonchev–Trinajstić information content (AvgIpc) is 3.07. The van der Waals surface area contributed by atoms with E-state index in [2.05, 4.69) is 40.9 Å². The largest absolute Gasteiger partial charge is 0.363 e. The molecule has 0 bridgehead atoms. The van der Waals surface area contributed by atoms with Gasteiger partial charge in [0.2, 0.25) is 0 Å². The number of aromatic nitrogens is 4. The summed E-state index contributed by atoms with van der Waals surface area (Å²) in [7, 11) is 0. The van der Waals surface area contributed by atoms with Crippen LogP contribution in [0.2, 0.25) is 0 Å². The third-order valence-electron chi connectivity index (χ3n) is 3.57. The van der Waals surface area contributed by atoms with E-state index >= 15 is 0 Å². The van der Waals surface area contributed by atoms with E-state index in [1.54, 1.807) is 0 Å². The van der Waals surface area contributed by atoms with Crippen molar-refractivity contribution in [2.24, 2.45) is 0 Å². The molecular weight excluding hydrogens is 296 g/mol. The second-order valence-corrected chi connectivity index (χ2v) is 5.66. The Morgan fingerprint density at radius 2 is 2.14 bits per heavy atom. The first kappa shape index (κ1) is 16.5. The molecule has 0 spiro atoms. The average molecular weight is 320 g/mol. The zero-order chi connectivity index (χ0) is 15.9. The lowest BCUT2D eigenvalue weighted by Gasteiger charge is -2.10. The molecule has 2 aromatic rings. The summed E-state index contributed by atoms with van der Waals surface area (Å²) in [6.07, 6.45) is 4.87. The summed E-state index contributed by atoms with van der Waals surface area (Å²) < 4.78 is 3.94. The summed E-state index contributed by atoms with van der Waals surface area (Å²) >= 11 is 5.30. The van der Waals surface area contributed by atoms with Gasteiger partial charge in [0.15, 0.2) is 5.11 Å². The van der Waals surface area contributed by atoms with Crippen LogP contribution >= 0.6 is 12.2 Å². The van der Waals surface area contributed by atoms with Crippen molar-refractivity contribution in [2.45, 2.75) is 46.8 Å².